The van der Waals surface area contributed by atoms with Crippen LogP contribution in [0.5, 0.6) is 0 Å². The van der Waals surface area contributed by atoms with Gasteiger partial charge in [-0.05, 0) is 55.7 Å². The molecule has 0 saturated heterocycles. The third kappa shape index (κ3) is 3.44. The quantitative estimate of drug-likeness (QED) is 0.285. The van der Waals surface area contributed by atoms with Gasteiger partial charge in [-0.25, -0.2) is 0 Å². The summed E-state index contributed by atoms with van der Waals surface area (Å²) in [5.74, 6) is 0. The Bertz CT molecular complexity index is 1300. The second-order valence-corrected chi connectivity index (χ2v) is 8.83. The van der Waals surface area contributed by atoms with Gasteiger partial charge in [0.15, 0.2) is 0 Å². The molecule has 5 rings (SSSR count). The molecule has 1 aliphatic heterocycles. The van der Waals surface area contributed by atoms with E-state index in [0.29, 0.717) is 5.57 Å². The van der Waals surface area contributed by atoms with Crippen LogP contribution in [0.15, 0.2) is 84.9 Å². The van der Waals surface area contributed by atoms with Crippen molar-refractivity contribution in [1.82, 2.24) is 4.57 Å². The molecule has 3 heteroatoms. The number of nitrogens with zero attached hydrogens (tertiary/aromatic N) is 2. The molecule has 4 aromatic rings. The van der Waals surface area contributed by atoms with Gasteiger partial charge in [0, 0.05) is 40.9 Å². The van der Waals surface area contributed by atoms with Crippen LogP contribution in [0.25, 0.3) is 10.9 Å². The van der Waals surface area contributed by atoms with Crippen LogP contribution in [0.4, 0.5) is 5.69 Å². The Hall–Kier alpha value is -3.59. The summed E-state index contributed by atoms with van der Waals surface area (Å²) < 4.78 is 2.41. The summed E-state index contributed by atoms with van der Waals surface area (Å²) in [7, 11) is 0. The number of carbonyl (C=O) groups excluding carboxylic acids is 1. The van der Waals surface area contributed by atoms with E-state index < -0.39 is 0 Å². The van der Waals surface area contributed by atoms with E-state index >= 15 is 0 Å². The lowest BCUT2D eigenvalue weighted by atomic mass is 9.92. The molecule has 32 heavy (non-hydrogen) atoms. The van der Waals surface area contributed by atoms with Gasteiger partial charge in [0.1, 0.15) is 6.29 Å². The van der Waals surface area contributed by atoms with Gasteiger partial charge in [-0.2, -0.15) is 0 Å². The van der Waals surface area contributed by atoms with E-state index in [2.05, 4.69) is 96.6 Å². The zero-order valence-electron chi connectivity index (χ0n) is 18.7. The molecule has 0 radical (unpaired) electrons. The smallest absolute Gasteiger partial charge is 0.147 e. The van der Waals surface area contributed by atoms with Crippen LogP contribution in [-0.2, 0) is 17.8 Å². The maximum absolute atomic E-state index is 12.0. The highest BCUT2D eigenvalue weighted by molar-refractivity contribution is 5.89. The Kier molecular flexibility index (Phi) is 5.18. The van der Waals surface area contributed by atoms with Crippen LogP contribution in [0.2, 0.25) is 0 Å². The second kappa shape index (κ2) is 8.16. The Morgan fingerprint density at radius 2 is 1.72 bits per heavy atom. The third-order valence-electron chi connectivity index (χ3n) is 6.59. The summed E-state index contributed by atoms with van der Waals surface area (Å²) in [6.45, 7) is 10.1. The summed E-state index contributed by atoms with van der Waals surface area (Å²) in [5.41, 5.74) is 9.24. The predicted molar refractivity (Wildman–Crippen MR) is 132 cm³/mol. The van der Waals surface area contributed by atoms with Crippen molar-refractivity contribution >= 4 is 22.9 Å². The SMILES string of the molecule is C=C(C=O)[C@@H]1c2c(c3cc(C)ccc3n2Cc2ccc(C)cc2)CCN1c1ccccc1. The molecular formula is C29H28N2O. The van der Waals surface area contributed by atoms with E-state index in [0.717, 1.165) is 31.5 Å². The highest BCUT2D eigenvalue weighted by Crippen LogP contribution is 2.42. The van der Waals surface area contributed by atoms with Crippen LogP contribution in [-0.4, -0.2) is 17.4 Å². The maximum atomic E-state index is 12.0. The number of carbonyl (C=O) groups is 1. The molecule has 0 N–H and O–H groups in total. The molecule has 0 spiro atoms. The first-order chi connectivity index (χ1) is 15.6. The Labute approximate surface area is 189 Å². The monoisotopic (exact) mass is 420 g/mol. The molecule has 160 valence electrons. The number of hydrogen-bond donors (Lipinski definition) is 0. The third-order valence-corrected chi connectivity index (χ3v) is 6.59. The van der Waals surface area contributed by atoms with Crippen molar-refractivity contribution in [3.05, 3.63) is 113 Å². The summed E-state index contributed by atoms with van der Waals surface area (Å²) in [6, 6.07) is 25.6. The van der Waals surface area contributed by atoms with Crippen LogP contribution >= 0.6 is 0 Å². The molecule has 1 aromatic heterocycles. The molecule has 0 saturated carbocycles. The fraction of sp³-hybridized carbons (Fsp3) is 0.207. The minimum absolute atomic E-state index is 0.184. The van der Waals surface area contributed by atoms with Crippen molar-refractivity contribution in [2.75, 3.05) is 11.4 Å². The molecule has 3 aromatic carbocycles. The molecule has 0 fully saturated rings. The van der Waals surface area contributed by atoms with Crippen molar-refractivity contribution < 1.29 is 4.79 Å². The topological polar surface area (TPSA) is 25.2 Å². The van der Waals surface area contributed by atoms with Gasteiger partial charge in [0.05, 0.1) is 6.04 Å². The van der Waals surface area contributed by atoms with Crippen molar-refractivity contribution in [2.45, 2.75) is 32.9 Å². The zero-order valence-corrected chi connectivity index (χ0v) is 18.7. The first-order valence-corrected chi connectivity index (χ1v) is 11.2. The largest absolute Gasteiger partial charge is 0.358 e. The normalized spacial score (nSPS) is 15.6. The average Bonchev–Trinajstić information content (AvgIpc) is 3.12. The van der Waals surface area contributed by atoms with E-state index in [4.69, 9.17) is 0 Å². The number of aryl methyl sites for hydroxylation is 2. The van der Waals surface area contributed by atoms with Gasteiger partial charge in [0.2, 0.25) is 0 Å². The lowest BCUT2D eigenvalue weighted by Crippen LogP contribution is -2.38. The fourth-order valence-electron chi connectivity index (χ4n) is 5.03. The average molecular weight is 421 g/mol. The number of anilines is 1. The fourth-order valence-corrected chi connectivity index (χ4v) is 5.03. The van der Waals surface area contributed by atoms with Crippen LogP contribution in [0, 0.1) is 13.8 Å². The molecule has 0 aliphatic carbocycles. The highest BCUT2D eigenvalue weighted by Gasteiger charge is 2.34. The Balaban J connectivity index is 1.74. The number of benzene rings is 3. The van der Waals surface area contributed by atoms with Gasteiger partial charge < -0.3 is 9.47 Å². The van der Waals surface area contributed by atoms with Gasteiger partial charge >= 0.3 is 0 Å². The molecule has 0 unspecified atom stereocenters. The summed E-state index contributed by atoms with van der Waals surface area (Å²) in [4.78, 5) is 14.4. The van der Waals surface area contributed by atoms with Crippen molar-refractivity contribution in [3.8, 4) is 0 Å². The molecule has 3 nitrogen and oxygen atoms in total. The minimum Gasteiger partial charge on any atom is -0.358 e. The van der Waals surface area contributed by atoms with Crippen LogP contribution in [0.3, 0.4) is 0 Å². The first-order valence-electron chi connectivity index (χ1n) is 11.2. The lowest BCUT2D eigenvalue weighted by molar-refractivity contribution is -0.105. The Morgan fingerprint density at radius 3 is 2.44 bits per heavy atom. The second-order valence-electron chi connectivity index (χ2n) is 8.83. The van der Waals surface area contributed by atoms with E-state index in [-0.39, 0.29) is 6.04 Å². The van der Waals surface area contributed by atoms with Gasteiger partial charge in [-0.1, -0.05) is 66.2 Å². The number of hydrogen-bond acceptors (Lipinski definition) is 2. The van der Waals surface area contributed by atoms with E-state index in [1.807, 2.05) is 6.07 Å². The van der Waals surface area contributed by atoms with Crippen molar-refractivity contribution in [2.24, 2.45) is 0 Å². The number of aromatic nitrogens is 1. The standard InChI is InChI=1S/C29H28N2O/c1-20-9-12-23(13-10-20)18-31-27-14-11-21(2)17-26(27)25-15-16-30(24-7-5-4-6-8-24)28(29(25)31)22(3)19-32/h4-14,17,19,28H,3,15-16,18H2,1-2H3/t28-/m1/s1. The van der Waals surface area contributed by atoms with E-state index in [9.17, 15) is 4.79 Å². The van der Waals surface area contributed by atoms with Gasteiger partial charge in [-0.15, -0.1) is 0 Å². The predicted octanol–water partition coefficient (Wildman–Crippen LogP) is 6.17. The van der Waals surface area contributed by atoms with Gasteiger partial charge in [0.25, 0.3) is 0 Å². The summed E-state index contributed by atoms with van der Waals surface area (Å²) in [6.07, 6.45) is 1.86. The molecular weight excluding hydrogens is 392 g/mol. The van der Waals surface area contributed by atoms with E-state index in [1.54, 1.807) is 0 Å². The Morgan fingerprint density at radius 1 is 1.00 bits per heavy atom. The summed E-state index contributed by atoms with van der Waals surface area (Å²) in [5, 5.41) is 1.29. The van der Waals surface area contributed by atoms with E-state index in [1.165, 1.54) is 38.9 Å². The summed E-state index contributed by atoms with van der Waals surface area (Å²) >= 11 is 0. The molecule has 0 amide bonds. The molecule has 1 atom stereocenters. The van der Waals surface area contributed by atoms with Crippen LogP contribution < -0.4 is 4.90 Å². The van der Waals surface area contributed by atoms with Gasteiger partial charge in [-0.3, -0.25) is 4.79 Å². The highest BCUT2D eigenvalue weighted by atomic mass is 16.1. The number of rotatable bonds is 5. The lowest BCUT2D eigenvalue weighted by Gasteiger charge is -2.39. The van der Waals surface area contributed by atoms with Crippen LogP contribution in [0.1, 0.15) is 34.0 Å². The van der Waals surface area contributed by atoms with Crippen molar-refractivity contribution in [3.63, 3.8) is 0 Å². The first kappa shape index (κ1) is 20.3. The number of fused-ring (bicyclic) bond motifs is 3. The number of aldehydes is 1. The van der Waals surface area contributed by atoms with Crippen molar-refractivity contribution in [1.29, 1.82) is 0 Å². The molecule has 2 heterocycles. The minimum atomic E-state index is -0.184. The number of para-hydroxylation sites is 1. The molecule has 1 aliphatic rings. The molecule has 0 bridgehead atoms. The zero-order chi connectivity index (χ0) is 22.2. The maximum Gasteiger partial charge on any atom is 0.147 e.